The van der Waals surface area contributed by atoms with Crippen molar-refractivity contribution in [3.63, 3.8) is 0 Å². The van der Waals surface area contributed by atoms with Crippen LogP contribution in [0.1, 0.15) is 26.3 Å². The van der Waals surface area contributed by atoms with Crippen LogP contribution in [0.2, 0.25) is 0 Å². The fourth-order valence-corrected chi connectivity index (χ4v) is 2.78. The number of fused-ring (bicyclic) bond motifs is 1. The highest BCUT2D eigenvalue weighted by atomic mass is 19.1. The van der Waals surface area contributed by atoms with Crippen molar-refractivity contribution in [2.45, 2.75) is 6.92 Å². The van der Waals surface area contributed by atoms with Gasteiger partial charge >= 0.3 is 0 Å². The van der Waals surface area contributed by atoms with Gasteiger partial charge in [0.15, 0.2) is 11.6 Å². The van der Waals surface area contributed by atoms with Crippen molar-refractivity contribution in [1.82, 2.24) is 9.80 Å². The van der Waals surface area contributed by atoms with E-state index in [4.69, 9.17) is 4.74 Å². The molecule has 0 radical (unpaired) electrons. The number of para-hydroxylation sites is 1. The number of halogens is 1. The maximum atomic E-state index is 13.5. The van der Waals surface area contributed by atoms with Crippen molar-refractivity contribution in [1.29, 1.82) is 0 Å². The number of likely N-dealkylation sites (N-methyl/N-ethyl adjacent to an activating group) is 1. The molecular weight excluding hydrogens is 351 g/mol. The van der Waals surface area contributed by atoms with Gasteiger partial charge in [0.2, 0.25) is 5.91 Å². The standard InChI is InChI=1S/C20H19FN2O4/c1-13-7-8-14-15(11-13)20(26)23(19(14)25)12-18(24)22(2)9-10-27-17-6-4-3-5-16(17)21/h3-8,11H,9-10,12H2,1-2H3. The molecule has 3 rings (SSSR count). The maximum Gasteiger partial charge on any atom is 0.262 e. The number of imide groups is 1. The van der Waals surface area contributed by atoms with Crippen LogP contribution in [0.15, 0.2) is 42.5 Å². The Balaban J connectivity index is 1.56. The first-order valence-electron chi connectivity index (χ1n) is 8.46. The SMILES string of the molecule is Cc1ccc2c(c1)C(=O)N(CC(=O)N(C)CCOc1ccccc1F)C2=O. The van der Waals surface area contributed by atoms with E-state index in [0.717, 1.165) is 10.5 Å². The van der Waals surface area contributed by atoms with Crippen LogP contribution < -0.4 is 4.74 Å². The van der Waals surface area contributed by atoms with E-state index in [1.807, 2.05) is 6.92 Å². The number of amides is 3. The summed E-state index contributed by atoms with van der Waals surface area (Å²) in [6.07, 6.45) is 0. The minimum atomic E-state index is -0.479. The van der Waals surface area contributed by atoms with Crippen LogP contribution in [-0.4, -0.2) is 54.3 Å². The summed E-state index contributed by atoms with van der Waals surface area (Å²) in [6.45, 7) is 1.76. The average molecular weight is 370 g/mol. The van der Waals surface area contributed by atoms with Gasteiger partial charge in [0.1, 0.15) is 13.2 Å². The van der Waals surface area contributed by atoms with E-state index in [0.29, 0.717) is 11.1 Å². The first-order chi connectivity index (χ1) is 12.9. The first-order valence-corrected chi connectivity index (χ1v) is 8.46. The van der Waals surface area contributed by atoms with Crippen LogP contribution in [0, 0.1) is 12.7 Å². The Kier molecular flexibility index (Phi) is 5.21. The molecule has 0 bridgehead atoms. The Morgan fingerprint density at radius 3 is 2.56 bits per heavy atom. The number of aryl methyl sites for hydroxylation is 1. The number of hydrogen-bond donors (Lipinski definition) is 0. The monoisotopic (exact) mass is 370 g/mol. The molecule has 27 heavy (non-hydrogen) atoms. The van der Waals surface area contributed by atoms with Gasteiger partial charge in [0, 0.05) is 7.05 Å². The van der Waals surface area contributed by atoms with E-state index in [-0.39, 0.29) is 25.4 Å². The highest BCUT2D eigenvalue weighted by Crippen LogP contribution is 2.23. The van der Waals surface area contributed by atoms with E-state index in [1.54, 1.807) is 30.3 Å². The molecule has 6 nitrogen and oxygen atoms in total. The fourth-order valence-electron chi connectivity index (χ4n) is 2.78. The van der Waals surface area contributed by atoms with Crippen molar-refractivity contribution in [2.75, 3.05) is 26.7 Å². The predicted molar refractivity (Wildman–Crippen MR) is 96.1 cm³/mol. The molecule has 0 N–H and O–H groups in total. The molecule has 0 saturated heterocycles. The van der Waals surface area contributed by atoms with Crippen molar-refractivity contribution in [3.05, 3.63) is 65.0 Å². The molecule has 1 aliphatic rings. The summed E-state index contributed by atoms with van der Waals surface area (Å²) < 4.78 is 18.8. The van der Waals surface area contributed by atoms with Crippen LogP contribution in [0.25, 0.3) is 0 Å². The molecule has 2 aromatic rings. The summed E-state index contributed by atoms with van der Waals surface area (Å²) in [7, 11) is 1.54. The van der Waals surface area contributed by atoms with Gasteiger partial charge in [-0.2, -0.15) is 0 Å². The van der Waals surface area contributed by atoms with Gasteiger partial charge in [-0.25, -0.2) is 4.39 Å². The van der Waals surface area contributed by atoms with Gasteiger partial charge in [0.05, 0.1) is 17.7 Å². The lowest BCUT2D eigenvalue weighted by atomic mass is 10.1. The topological polar surface area (TPSA) is 66.9 Å². The van der Waals surface area contributed by atoms with Gasteiger partial charge in [-0.15, -0.1) is 0 Å². The highest BCUT2D eigenvalue weighted by Gasteiger charge is 2.37. The highest BCUT2D eigenvalue weighted by molar-refractivity contribution is 6.22. The summed E-state index contributed by atoms with van der Waals surface area (Å²) in [5.74, 6) is -1.72. The lowest BCUT2D eigenvalue weighted by Crippen LogP contribution is -2.42. The molecular formula is C20H19FN2O4. The fraction of sp³-hybridized carbons (Fsp3) is 0.250. The molecule has 140 valence electrons. The molecule has 0 spiro atoms. The Hall–Kier alpha value is -3.22. The normalized spacial score (nSPS) is 12.9. The summed E-state index contributed by atoms with van der Waals surface area (Å²) in [5.41, 5.74) is 1.49. The number of nitrogens with zero attached hydrogens (tertiary/aromatic N) is 2. The van der Waals surface area contributed by atoms with E-state index < -0.39 is 23.5 Å². The molecule has 0 atom stereocenters. The second kappa shape index (κ2) is 7.57. The quantitative estimate of drug-likeness (QED) is 0.732. The number of hydrogen-bond acceptors (Lipinski definition) is 4. The van der Waals surface area contributed by atoms with Gasteiger partial charge in [-0.1, -0.05) is 23.8 Å². The van der Waals surface area contributed by atoms with E-state index in [9.17, 15) is 18.8 Å². The molecule has 0 saturated carbocycles. The number of rotatable bonds is 6. The van der Waals surface area contributed by atoms with Crippen molar-refractivity contribution < 1.29 is 23.5 Å². The Morgan fingerprint density at radius 2 is 1.81 bits per heavy atom. The third-order valence-electron chi connectivity index (χ3n) is 4.37. The third kappa shape index (κ3) is 3.81. The maximum absolute atomic E-state index is 13.5. The van der Waals surface area contributed by atoms with Crippen LogP contribution in [0.3, 0.4) is 0 Å². The van der Waals surface area contributed by atoms with Crippen molar-refractivity contribution >= 4 is 17.7 Å². The molecule has 0 unspecified atom stereocenters. The predicted octanol–water partition coefficient (Wildman–Crippen LogP) is 2.27. The average Bonchev–Trinajstić information content (AvgIpc) is 2.87. The summed E-state index contributed by atoms with van der Waals surface area (Å²) in [4.78, 5) is 39.5. The van der Waals surface area contributed by atoms with Gasteiger partial charge < -0.3 is 9.64 Å². The second-order valence-corrected chi connectivity index (χ2v) is 6.34. The third-order valence-corrected chi connectivity index (χ3v) is 4.37. The van der Waals surface area contributed by atoms with Crippen LogP contribution in [0.4, 0.5) is 4.39 Å². The summed E-state index contributed by atoms with van der Waals surface area (Å²) in [6, 6.07) is 11.0. The van der Waals surface area contributed by atoms with Crippen LogP contribution in [0.5, 0.6) is 5.75 Å². The molecule has 2 aromatic carbocycles. The number of carbonyl (C=O) groups excluding carboxylic acids is 3. The second-order valence-electron chi connectivity index (χ2n) is 6.34. The van der Waals surface area contributed by atoms with Gasteiger partial charge in [0.25, 0.3) is 11.8 Å². The lowest BCUT2D eigenvalue weighted by Gasteiger charge is -2.20. The minimum absolute atomic E-state index is 0.0878. The van der Waals surface area contributed by atoms with Crippen LogP contribution >= 0.6 is 0 Å². The van der Waals surface area contributed by atoms with E-state index in [2.05, 4.69) is 0 Å². The zero-order chi connectivity index (χ0) is 19.6. The smallest absolute Gasteiger partial charge is 0.262 e. The van der Waals surface area contributed by atoms with Gasteiger partial charge in [-0.3, -0.25) is 19.3 Å². The van der Waals surface area contributed by atoms with Crippen LogP contribution in [-0.2, 0) is 4.79 Å². The lowest BCUT2D eigenvalue weighted by molar-refractivity contribution is -0.130. The van der Waals surface area contributed by atoms with E-state index >= 15 is 0 Å². The molecule has 1 heterocycles. The molecule has 0 aliphatic carbocycles. The summed E-state index contributed by atoms with van der Waals surface area (Å²) >= 11 is 0. The first kappa shape index (κ1) is 18.6. The summed E-state index contributed by atoms with van der Waals surface area (Å²) in [5, 5.41) is 0. The molecule has 0 fully saturated rings. The Bertz CT molecular complexity index is 913. The zero-order valence-electron chi connectivity index (χ0n) is 15.1. The largest absolute Gasteiger partial charge is 0.489 e. The van der Waals surface area contributed by atoms with Crippen molar-refractivity contribution in [3.8, 4) is 5.75 Å². The van der Waals surface area contributed by atoms with Crippen molar-refractivity contribution in [2.24, 2.45) is 0 Å². The van der Waals surface area contributed by atoms with Gasteiger partial charge in [-0.05, 0) is 31.2 Å². The molecule has 1 aliphatic heterocycles. The minimum Gasteiger partial charge on any atom is -0.489 e. The Morgan fingerprint density at radius 1 is 1.11 bits per heavy atom. The van der Waals surface area contributed by atoms with E-state index in [1.165, 1.54) is 24.1 Å². The molecule has 3 amide bonds. The molecule has 0 aromatic heterocycles. The number of carbonyl (C=O) groups is 3. The Labute approximate surface area is 156 Å². The molecule has 7 heteroatoms. The number of ether oxygens (including phenoxy) is 1. The zero-order valence-corrected chi connectivity index (χ0v) is 15.1. The number of benzene rings is 2.